The maximum Gasteiger partial charge on any atom is 0.306 e. The number of phenols is 1. The van der Waals surface area contributed by atoms with E-state index in [1.54, 1.807) is 13.2 Å². The summed E-state index contributed by atoms with van der Waals surface area (Å²) >= 11 is 0. The molecule has 0 unspecified atom stereocenters. The number of carbonyl (C=O) groups is 1. The van der Waals surface area contributed by atoms with E-state index >= 15 is 0 Å². The molecule has 0 atom stereocenters. The number of fused-ring (bicyclic) bond motifs is 1. The minimum absolute atomic E-state index is 0.0609. The first-order valence-electron chi connectivity index (χ1n) is 11.0. The predicted molar refractivity (Wildman–Crippen MR) is 121 cm³/mol. The monoisotopic (exact) mass is 495 g/mol. The Hall–Kier alpha value is -3.18. The van der Waals surface area contributed by atoms with Crippen molar-refractivity contribution in [3.8, 4) is 11.4 Å². The third-order valence-electron chi connectivity index (χ3n) is 5.23. The lowest BCUT2D eigenvalue weighted by Crippen LogP contribution is -2.15. The van der Waals surface area contributed by atoms with Crippen LogP contribution in [0.5, 0.6) is 5.75 Å². The quantitative estimate of drug-likeness (QED) is 0.258. The van der Waals surface area contributed by atoms with Gasteiger partial charge in [0, 0.05) is 25.2 Å². The van der Waals surface area contributed by atoms with Crippen molar-refractivity contribution in [2.75, 3.05) is 33.5 Å². The lowest BCUT2D eigenvalue weighted by Gasteiger charge is -2.23. The summed E-state index contributed by atoms with van der Waals surface area (Å²) in [6.07, 6.45) is 0.337. The molecule has 3 rings (SSSR count). The van der Waals surface area contributed by atoms with Crippen LogP contribution in [-0.2, 0) is 30.8 Å². The molecule has 190 valence electrons. The van der Waals surface area contributed by atoms with E-state index in [-0.39, 0.29) is 43.0 Å². The van der Waals surface area contributed by atoms with E-state index in [2.05, 4.69) is 10.2 Å². The first kappa shape index (κ1) is 26.4. The number of carbonyl (C=O) groups excluding carboxylic acids is 1. The molecular weight excluding hydrogens is 467 g/mol. The van der Waals surface area contributed by atoms with Gasteiger partial charge in [-0.2, -0.15) is 0 Å². The van der Waals surface area contributed by atoms with Crippen molar-refractivity contribution in [2.24, 2.45) is 0 Å². The average Bonchev–Trinajstić information content (AvgIpc) is 3.22. The zero-order valence-electron chi connectivity index (χ0n) is 20.0. The van der Waals surface area contributed by atoms with E-state index in [9.17, 15) is 23.1 Å². The van der Waals surface area contributed by atoms with Crippen molar-refractivity contribution < 1.29 is 37.3 Å². The van der Waals surface area contributed by atoms with Gasteiger partial charge in [-0.25, -0.2) is 13.2 Å². The highest BCUT2D eigenvalue weighted by Gasteiger charge is 2.25. The molecule has 0 spiro atoms. The Kier molecular flexibility index (Phi) is 8.34. The minimum atomic E-state index is -1.65. The summed E-state index contributed by atoms with van der Waals surface area (Å²) in [5.74, 6) is -5.10. The molecule has 0 radical (unpaired) electrons. The number of hydrogen-bond donors (Lipinski definition) is 1. The highest BCUT2D eigenvalue weighted by Crippen LogP contribution is 2.36. The van der Waals surface area contributed by atoms with E-state index in [4.69, 9.17) is 14.2 Å². The number of nitrogens with zero attached hydrogens (tertiary/aromatic N) is 3. The molecule has 0 fully saturated rings. The SMILES string of the molecule is COCCOCCOC(=O)CCc1cc(-n2nc3cc(F)c(F)c(F)c3n2)c(O)c(C(C)(C)C)c1. The third kappa shape index (κ3) is 6.29. The number of benzene rings is 2. The fourth-order valence-electron chi connectivity index (χ4n) is 3.39. The number of methoxy groups -OCH3 is 1. The van der Waals surface area contributed by atoms with Crippen LogP contribution in [0, 0.1) is 17.5 Å². The normalized spacial score (nSPS) is 11.9. The largest absolute Gasteiger partial charge is 0.505 e. The summed E-state index contributed by atoms with van der Waals surface area (Å²) in [4.78, 5) is 13.1. The van der Waals surface area contributed by atoms with Gasteiger partial charge in [-0.1, -0.05) is 26.8 Å². The maximum atomic E-state index is 14.2. The van der Waals surface area contributed by atoms with Crippen LogP contribution in [0.3, 0.4) is 0 Å². The van der Waals surface area contributed by atoms with Crippen LogP contribution >= 0.6 is 0 Å². The molecule has 1 N–H and O–H groups in total. The molecule has 0 aliphatic heterocycles. The first-order chi connectivity index (χ1) is 16.5. The summed E-state index contributed by atoms with van der Waals surface area (Å²) in [6.45, 7) is 6.85. The van der Waals surface area contributed by atoms with Crippen molar-refractivity contribution in [3.05, 3.63) is 46.8 Å². The zero-order chi connectivity index (χ0) is 25.8. The predicted octanol–water partition coefficient (Wildman–Crippen LogP) is 3.98. The number of aromatic hydroxyl groups is 1. The van der Waals surface area contributed by atoms with Crippen molar-refractivity contribution >= 4 is 17.0 Å². The Bertz CT molecular complexity index is 1210. The van der Waals surface area contributed by atoms with Gasteiger partial charge in [-0.05, 0) is 23.5 Å². The Morgan fingerprint density at radius 3 is 2.43 bits per heavy atom. The molecule has 35 heavy (non-hydrogen) atoms. The summed E-state index contributed by atoms with van der Waals surface area (Å²) in [7, 11) is 1.56. The number of phenolic OH excluding ortho intramolecular Hbond substituents is 1. The molecule has 3 aromatic rings. The maximum absolute atomic E-state index is 14.2. The molecule has 1 aromatic heterocycles. The van der Waals surface area contributed by atoms with Gasteiger partial charge in [0.2, 0.25) is 0 Å². The Morgan fingerprint density at radius 2 is 1.74 bits per heavy atom. The molecular formula is C24H28F3N3O5. The van der Waals surface area contributed by atoms with Gasteiger partial charge in [0.05, 0.1) is 19.8 Å². The Labute approximate surface area is 200 Å². The van der Waals surface area contributed by atoms with Crippen LogP contribution in [0.1, 0.15) is 38.3 Å². The fourth-order valence-corrected chi connectivity index (χ4v) is 3.39. The summed E-state index contributed by atoms with van der Waals surface area (Å²) < 4.78 is 56.7. The number of aromatic nitrogens is 3. The first-order valence-corrected chi connectivity index (χ1v) is 11.0. The van der Waals surface area contributed by atoms with Gasteiger partial charge in [-0.3, -0.25) is 4.79 Å². The second kappa shape index (κ2) is 11.0. The van der Waals surface area contributed by atoms with Crippen molar-refractivity contribution in [1.82, 2.24) is 15.0 Å². The molecule has 0 aliphatic carbocycles. The molecule has 0 amide bonds. The van der Waals surface area contributed by atoms with Gasteiger partial charge in [-0.15, -0.1) is 15.0 Å². The minimum Gasteiger partial charge on any atom is -0.505 e. The van der Waals surface area contributed by atoms with E-state index in [1.165, 1.54) is 6.07 Å². The molecule has 11 heteroatoms. The van der Waals surface area contributed by atoms with E-state index < -0.39 is 34.4 Å². The average molecular weight is 495 g/mol. The van der Waals surface area contributed by atoms with Gasteiger partial charge < -0.3 is 19.3 Å². The Balaban J connectivity index is 1.84. The second-order valence-corrected chi connectivity index (χ2v) is 8.93. The van der Waals surface area contributed by atoms with Gasteiger partial charge in [0.15, 0.2) is 23.0 Å². The van der Waals surface area contributed by atoms with Crippen LogP contribution in [-0.4, -0.2) is 59.6 Å². The van der Waals surface area contributed by atoms with Gasteiger partial charge in [0.1, 0.15) is 23.6 Å². The van der Waals surface area contributed by atoms with Gasteiger partial charge in [0.25, 0.3) is 0 Å². The van der Waals surface area contributed by atoms with Crippen LogP contribution < -0.4 is 0 Å². The highest BCUT2D eigenvalue weighted by molar-refractivity contribution is 5.75. The van der Waals surface area contributed by atoms with Crippen molar-refractivity contribution in [1.29, 1.82) is 0 Å². The summed E-state index contributed by atoms with van der Waals surface area (Å²) in [6, 6.07) is 4.02. The lowest BCUT2D eigenvalue weighted by atomic mass is 9.84. The molecule has 2 aromatic carbocycles. The van der Waals surface area contributed by atoms with E-state index in [1.807, 2.05) is 20.8 Å². The molecule has 0 bridgehead atoms. The van der Waals surface area contributed by atoms with E-state index in [0.717, 1.165) is 10.9 Å². The van der Waals surface area contributed by atoms with Crippen LogP contribution in [0.4, 0.5) is 13.2 Å². The fraction of sp³-hybridized carbons (Fsp3) is 0.458. The topological polar surface area (TPSA) is 95.7 Å². The van der Waals surface area contributed by atoms with Crippen LogP contribution in [0.2, 0.25) is 0 Å². The summed E-state index contributed by atoms with van der Waals surface area (Å²) in [5.41, 5.74) is 0.0930. The number of hydrogen-bond acceptors (Lipinski definition) is 7. The number of ether oxygens (including phenoxy) is 3. The highest BCUT2D eigenvalue weighted by atomic mass is 19.2. The number of rotatable bonds is 10. The summed E-state index contributed by atoms with van der Waals surface area (Å²) in [5, 5.41) is 18.9. The molecule has 0 aliphatic rings. The van der Waals surface area contributed by atoms with Crippen molar-refractivity contribution in [2.45, 2.75) is 39.0 Å². The molecule has 8 nitrogen and oxygen atoms in total. The number of halogens is 3. The lowest BCUT2D eigenvalue weighted by molar-refractivity contribution is -0.145. The van der Waals surface area contributed by atoms with Crippen molar-refractivity contribution in [3.63, 3.8) is 0 Å². The number of esters is 1. The molecule has 0 saturated carbocycles. The number of aryl methyl sites for hydroxylation is 1. The standard InChI is InChI=1S/C24H28F3N3O5/c1-24(2,3)15-11-14(5-6-19(31)35-10-9-34-8-7-33-4)12-18(23(15)32)30-28-17-13-16(25)20(26)21(27)22(17)29-30/h11-13,32H,5-10H2,1-4H3. The zero-order valence-corrected chi connectivity index (χ0v) is 20.0. The third-order valence-corrected chi connectivity index (χ3v) is 5.23. The molecule has 1 heterocycles. The van der Waals surface area contributed by atoms with E-state index in [0.29, 0.717) is 24.3 Å². The smallest absolute Gasteiger partial charge is 0.306 e. The van der Waals surface area contributed by atoms with Crippen LogP contribution in [0.25, 0.3) is 16.7 Å². The van der Waals surface area contributed by atoms with Crippen LogP contribution in [0.15, 0.2) is 18.2 Å². The van der Waals surface area contributed by atoms with Gasteiger partial charge >= 0.3 is 5.97 Å². The molecule has 0 saturated heterocycles. The second-order valence-electron chi connectivity index (χ2n) is 8.93. The Morgan fingerprint density at radius 1 is 1.03 bits per heavy atom.